The van der Waals surface area contributed by atoms with Crippen LogP contribution in [0.5, 0.6) is 0 Å². The van der Waals surface area contributed by atoms with Gasteiger partial charge in [-0.25, -0.2) is 9.97 Å². The lowest BCUT2D eigenvalue weighted by atomic mass is 9.81. The van der Waals surface area contributed by atoms with Crippen LogP contribution in [0.1, 0.15) is 49.9 Å². The molecule has 0 bridgehead atoms. The number of fused-ring (bicyclic) bond motifs is 8. The molecule has 9 aromatic carbocycles. The number of hydrogen-bond donors (Lipinski definition) is 0. The van der Waals surface area contributed by atoms with Crippen LogP contribution < -0.4 is 0 Å². The van der Waals surface area contributed by atoms with E-state index < -0.39 is 0 Å². The van der Waals surface area contributed by atoms with Gasteiger partial charge >= 0.3 is 0 Å². The summed E-state index contributed by atoms with van der Waals surface area (Å²) in [5.41, 5.74) is 20.5. The van der Waals surface area contributed by atoms with E-state index in [2.05, 4.69) is 216 Å². The van der Waals surface area contributed by atoms with Gasteiger partial charge in [-0.1, -0.05) is 185 Å². The van der Waals surface area contributed by atoms with E-state index in [1.807, 2.05) is 6.07 Å². The molecule has 2 aliphatic rings. The Balaban J connectivity index is 0.902. The van der Waals surface area contributed by atoms with Gasteiger partial charge < -0.3 is 0 Å². The van der Waals surface area contributed by atoms with E-state index in [1.54, 1.807) is 0 Å². The van der Waals surface area contributed by atoms with Crippen LogP contribution in [0, 0.1) is 0 Å². The van der Waals surface area contributed by atoms with Crippen LogP contribution in [0.2, 0.25) is 0 Å². The van der Waals surface area contributed by atoms with Crippen molar-refractivity contribution in [1.29, 1.82) is 0 Å². The minimum Gasteiger partial charge on any atom is -0.228 e. The summed E-state index contributed by atoms with van der Waals surface area (Å²) in [7, 11) is 0. The van der Waals surface area contributed by atoms with Gasteiger partial charge in [-0.05, 0) is 125 Å². The van der Waals surface area contributed by atoms with E-state index in [9.17, 15) is 0 Å². The summed E-state index contributed by atoms with van der Waals surface area (Å²) in [6.45, 7) is 9.39. The molecule has 0 aliphatic heterocycles. The van der Waals surface area contributed by atoms with Crippen molar-refractivity contribution in [3.05, 3.63) is 216 Å². The fraction of sp³-hybridized carbons (Fsp3) is 0.100. The molecule has 10 aromatic rings. The zero-order chi connectivity index (χ0) is 41.7. The number of aromatic nitrogens is 2. The van der Waals surface area contributed by atoms with Crippen LogP contribution in [0.4, 0.5) is 0 Å². The third-order valence-electron chi connectivity index (χ3n) is 13.9. The molecule has 2 heteroatoms. The molecular weight excluding hydrogens is 749 g/mol. The number of benzene rings is 9. The second-order valence-electron chi connectivity index (χ2n) is 18.2. The van der Waals surface area contributed by atoms with Crippen molar-refractivity contribution in [2.45, 2.75) is 38.5 Å². The highest BCUT2D eigenvalue weighted by Gasteiger charge is 2.38. The monoisotopic (exact) mass is 792 g/mol. The summed E-state index contributed by atoms with van der Waals surface area (Å²) < 4.78 is 0. The lowest BCUT2D eigenvalue weighted by Crippen LogP contribution is -2.14. The predicted octanol–water partition coefficient (Wildman–Crippen LogP) is 15.7. The first-order valence-corrected chi connectivity index (χ1v) is 21.7. The molecule has 294 valence electrons. The van der Waals surface area contributed by atoms with Gasteiger partial charge in [-0.15, -0.1) is 0 Å². The molecular formula is C60H44N2. The quantitative estimate of drug-likeness (QED) is 0.173. The van der Waals surface area contributed by atoms with Crippen molar-refractivity contribution < 1.29 is 0 Å². The molecule has 0 spiro atoms. The SMILES string of the molecule is CC1(C)c2ccccc2-c2ccc(-c3ccc(-c4ccc5cc(-c6cc(-c7cccc8c7-c7cc9ccccc9cc7C8(C)C)nc(-c7ccccc7)n6)ccc5c4)cc3)cc21. The second kappa shape index (κ2) is 13.5. The average Bonchev–Trinajstić information content (AvgIpc) is 3.69. The minimum atomic E-state index is -0.144. The smallest absolute Gasteiger partial charge is 0.160 e. The maximum absolute atomic E-state index is 5.31. The first-order valence-electron chi connectivity index (χ1n) is 21.7. The van der Waals surface area contributed by atoms with Gasteiger partial charge in [-0.2, -0.15) is 0 Å². The summed E-state index contributed by atoms with van der Waals surface area (Å²) in [6.07, 6.45) is 0. The Hall–Kier alpha value is -7.42. The molecule has 0 unspecified atom stereocenters. The third-order valence-corrected chi connectivity index (χ3v) is 13.9. The first-order chi connectivity index (χ1) is 30.2. The Bertz CT molecular complexity index is 3450. The van der Waals surface area contributed by atoms with Crippen LogP contribution in [0.25, 0.3) is 100.0 Å². The Morgan fingerprint density at radius 3 is 1.58 bits per heavy atom. The molecule has 0 atom stereocenters. The fourth-order valence-corrected chi connectivity index (χ4v) is 10.5. The van der Waals surface area contributed by atoms with Gasteiger partial charge in [0.05, 0.1) is 11.4 Å². The van der Waals surface area contributed by atoms with Gasteiger partial charge in [0.2, 0.25) is 0 Å². The fourth-order valence-electron chi connectivity index (χ4n) is 10.5. The highest BCUT2D eigenvalue weighted by molar-refractivity contribution is 5.99. The van der Waals surface area contributed by atoms with Gasteiger partial charge in [0.25, 0.3) is 0 Å². The van der Waals surface area contributed by atoms with Gasteiger partial charge in [0.15, 0.2) is 5.82 Å². The molecule has 62 heavy (non-hydrogen) atoms. The molecule has 2 nitrogen and oxygen atoms in total. The standard InChI is InChI=1S/C60H44N2/c1-59(2)51-19-11-10-17-47(51)48-30-29-45(35-53(48)59)38-23-21-37(22-24-38)42-25-26-44-32-46(28-27-43(44)31-42)55-36-56(62-58(61-55)39-13-6-5-7-14-39)49-18-12-20-52-57(49)50-33-40-15-8-9-16-41(40)34-54(50)60(52,3)4/h5-36H,1-4H3. The molecule has 0 saturated carbocycles. The largest absolute Gasteiger partial charge is 0.228 e. The number of rotatable bonds is 5. The van der Waals surface area contributed by atoms with Gasteiger partial charge in [0.1, 0.15) is 0 Å². The molecule has 12 rings (SSSR count). The average molecular weight is 793 g/mol. The predicted molar refractivity (Wildman–Crippen MR) is 259 cm³/mol. The van der Waals surface area contributed by atoms with Crippen molar-refractivity contribution in [2.24, 2.45) is 0 Å². The van der Waals surface area contributed by atoms with Crippen molar-refractivity contribution in [3.63, 3.8) is 0 Å². The molecule has 1 heterocycles. The molecule has 0 radical (unpaired) electrons. The topological polar surface area (TPSA) is 25.8 Å². The highest BCUT2D eigenvalue weighted by Crippen LogP contribution is 2.53. The first kappa shape index (κ1) is 36.4. The molecule has 0 fully saturated rings. The second-order valence-corrected chi connectivity index (χ2v) is 18.2. The molecule has 0 saturated heterocycles. The van der Waals surface area contributed by atoms with Crippen LogP contribution in [0.15, 0.2) is 194 Å². The van der Waals surface area contributed by atoms with E-state index in [-0.39, 0.29) is 10.8 Å². The van der Waals surface area contributed by atoms with Crippen LogP contribution in [-0.2, 0) is 10.8 Å². The van der Waals surface area contributed by atoms with Crippen molar-refractivity contribution in [3.8, 4) is 78.4 Å². The van der Waals surface area contributed by atoms with Gasteiger partial charge in [0, 0.05) is 27.5 Å². The summed E-state index contributed by atoms with van der Waals surface area (Å²) in [5, 5.41) is 4.89. The molecule has 0 N–H and O–H groups in total. The zero-order valence-corrected chi connectivity index (χ0v) is 35.4. The summed E-state index contributed by atoms with van der Waals surface area (Å²) in [4.78, 5) is 10.6. The Morgan fingerprint density at radius 2 is 0.806 bits per heavy atom. The van der Waals surface area contributed by atoms with E-state index in [0.717, 1.165) is 33.9 Å². The normalized spacial score (nSPS) is 14.1. The number of nitrogens with zero attached hydrogens (tertiary/aromatic N) is 2. The minimum absolute atomic E-state index is 0.0187. The van der Waals surface area contributed by atoms with E-state index in [1.165, 1.54) is 88.3 Å². The Labute approximate surface area is 363 Å². The lowest BCUT2D eigenvalue weighted by molar-refractivity contribution is 0.660. The van der Waals surface area contributed by atoms with E-state index >= 15 is 0 Å². The lowest BCUT2D eigenvalue weighted by Gasteiger charge is -2.22. The zero-order valence-electron chi connectivity index (χ0n) is 35.4. The Kier molecular flexibility index (Phi) is 7.96. The highest BCUT2D eigenvalue weighted by atomic mass is 14.9. The molecule has 2 aliphatic carbocycles. The Morgan fingerprint density at radius 1 is 0.290 bits per heavy atom. The summed E-state index contributed by atoms with van der Waals surface area (Å²) >= 11 is 0. The van der Waals surface area contributed by atoms with Crippen LogP contribution in [0.3, 0.4) is 0 Å². The van der Waals surface area contributed by atoms with Crippen LogP contribution >= 0.6 is 0 Å². The maximum atomic E-state index is 5.31. The third kappa shape index (κ3) is 5.63. The van der Waals surface area contributed by atoms with E-state index in [0.29, 0.717) is 0 Å². The summed E-state index contributed by atoms with van der Waals surface area (Å²) in [5.74, 6) is 0.722. The maximum Gasteiger partial charge on any atom is 0.160 e. The van der Waals surface area contributed by atoms with Crippen molar-refractivity contribution in [2.75, 3.05) is 0 Å². The van der Waals surface area contributed by atoms with Crippen molar-refractivity contribution >= 4 is 21.5 Å². The molecule has 1 aromatic heterocycles. The number of hydrogen-bond acceptors (Lipinski definition) is 2. The van der Waals surface area contributed by atoms with Crippen molar-refractivity contribution in [1.82, 2.24) is 9.97 Å². The summed E-state index contributed by atoms with van der Waals surface area (Å²) in [6, 6.07) is 71.1. The van der Waals surface area contributed by atoms with Crippen LogP contribution in [-0.4, -0.2) is 9.97 Å². The van der Waals surface area contributed by atoms with Gasteiger partial charge in [-0.3, -0.25) is 0 Å². The molecule has 0 amide bonds. The van der Waals surface area contributed by atoms with E-state index in [4.69, 9.17) is 9.97 Å².